The van der Waals surface area contributed by atoms with Gasteiger partial charge < -0.3 is 30.3 Å². The van der Waals surface area contributed by atoms with Gasteiger partial charge in [0.15, 0.2) is 16.6 Å². The van der Waals surface area contributed by atoms with Gasteiger partial charge in [-0.15, -0.1) is 12.4 Å². The van der Waals surface area contributed by atoms with Gasteiger partial charge in [0, 0.05) is 43.5 Å². The zero-order valence-corrected chi connectivity index (χ0v) is 21.6. The number of rotatable bonds is 7. The van der Waals surface area contributed by atoms with Crippen LogP contribution in [0.5, 0.6) is 11.5 Å². The summed E-state index contributed by atoms with van der Waals surface area (Å²) in [5.41, 5.74) is 7.90. The molecule has 0 spiro atoms. The Labute approximate surface area is 214 Å². The molecule has 0 bridgehead atoms. The van der Waals surface area contributed by atoms with Gasteiger partial charge in [-0.05, 0) is 36.8 Å². The molecule has 1 saturated heterocycles. The van der Waals surface area contributed by atoms with Gasteiger partial charge in [-0.25, -0.2) is 4.98 Å². The molecule has 0 radical (unpaired) electrons. The standard InChI is InChI=1S/C24H29N5O4S.ClH/c1-4-17(25)23(31)28-9-11-29(12-10-28)24-27-18-7-5-15(13-21(18)34-24)22(30)26-16-6-8-19(32-2)20(14-16)33-3;/h5-8,13-14,17H,4,9-12,25H2,1-3H3,(H,26,30);1H. The van der Waals surface area contributed by atoms with Gasteiger partial charge >= 0.3 is 0 Å². The van der Waals surface area contributed by atoms with Gasteiger partial charge in [0.25, 0.3) is 5.91 Å². The summed E-state index contributed by atoms with van der Waals surface area (Å²) in [6.07, 6.45) is 0.638. The van der Waals surface area contributed by atoms with Crippen molar-refractivity contribution in [2.75, 3.05) is 50.6 Å². The lowest BCUT2D eigenvalue weighted by atomic mass is 10.2. The number of thiazole rings is 1. The number of carbonyl (C=O) groups excluding carboxylic acids is 2. The van der Waals surface area contributed by atoms with Crippen LogP contribution in [0.3, 0.4) is 0 Å². The van der Waals surface area contributed by atoms with Crippen LogP contribution in [-0.4, -0.2) is 68.1 Å². The summed E-state index contributed by atoms with van der Waals surface area (Å²) >= 11 is 1.54. The third-order valence-corrected chi connectivity index (χ3v) is 6.98. The maximum atomic E-state index is 12.8. The van der Waals surface area contributed by atoms with Crippen molar-refractivity contribution in [1.29, 1.82) is 0 Å². The second-order valence-electron chi connectivity index (χ2n) is 8.03. The first-order valence-electron chi connectivity index (χ1n) is 11.2. The minimum Gasteiger partial charge on any atom is -0.493 e. The molecule has 1 aliphatic heterocycles. The Balaban J connectivity index is 0.00000342. The van der Waals surface area contributed by atoms with E-state index in [-0.39, 0.29) is 24.2 Å². The molecule has 1 aromatic heterocycles. The Kier molecular flexibility index (Phi) is 8.76. The summed E-state index contributed by atoms with van der Waals surface area (Å²) in [5, 5.41) is 3.79. The number of benzene rings is 2. The fraction of sp³-hybridized carbons (Fsp3) is 0.375. The first-order valence-corrected chi connectivity index (χ1v) is 12.0. The van der Waals surface area contributed by atoms with E-state index in [1.807, 2.05) is 24.0 Å². The minimum absolute atomic E-state index is 0. The highest BCUT2D eigenvalue weighted by molar-refractivity contribution is 7.22. The van der Waals surface area contributed by atoms with Crippen LogP contribution in [0.1, 0.15) is 23.7 Å². The van der Waals surface area contributed by atoms with Crippen molar-refractivity contribution in [3.63, 3.8) is 0 Å². The smallest absolute Gasteiger partial charge is 0.255 e. The minimum atomic E-state index is -0.433. The first-order chi connectivity index (χ1) is 16.4. The van der Waals surface area contributed by atoms with E-state index in [2.05, 4.69) is 10.2 Å². The second kappa shape index (κ2) is 11.6. The molecular weight excluding hydrogens is 490 g/mol. The molecule has 2 amide bonds. The number of nitrogens with one attached hydrogen (secondary N) is 1. The van der Waals surface area contributed by atoms with E-state index in [1.54, 1.807) is 49.8 Å². The normalized spacial score (nSPS) is 14.3. The number of piperazine rings is 1. The van der Waals surface area contributed by atoms with Gasteiger partial charge in [0.1, 0.15) is 0 Å². The highest BCUT2D eigenvalue weighted by Crippen LogP contribution is 2.32. The van der Waals surface area contributed by atoms with E-state index in [1.165, 1.54) is 0 Å². The maximum Gasteiger partial charge on any atom is 0.255 e. The molecule has 1 unspecified atom stereocenters. The summed E-state index contributed by atoms with van der Waals surface area (Å²) in [6.45, 7) is 4.58. The van der Waals surface area contributed by atoms with Crippen LogP contribution in [0.4, 0.5) is 10.8 Å². The topological polar surface area (TPSA) is 110 Å². The fourth-order valence-electron chi connectivity index (χ4n) is 3.83. The molecule has 3 aromatic rings. The Hall–Kier alpha value is -3.08. The Morgan fingerprint density at radius 1 is 1.09 bits per heavy atom. The van der Waals surface area contributed by atoms with Gasteiger partial charge in [0.2, 0.25) is 5.91 Å². The summed E-state index contributed by atoms with van der Waals surface area (Å²) < 4.78 is 11.5. The van der Waals surface area contributed by atoms with E-state index in [9.17, 15) is 9.59 Å². The first kappa shape index (κ1) is 26.5. The number of fused-ring (bicyclic) bond motifs is 1. The molecule has 2 heterocycles. The largest absolute Gasteiger partial charge is 0.493 e. The molecule has 3 N–H and O–H groups in total. The Morgan fingerprint density at radius 2 is 1.80 bits per heavy atom. The van der Waals surface area contributed by atoms with Gasteiger partial charge in [-0.1, -0.05) is 18.3 Å². The number of hydrogen-bond acceptors (Lipinski definition) is 8. The van der Waals surface area contributed by atoms with Crippen LogP contribution in [0.2, 0.25) is 0 Å². The number of halogens is 1. The number of anilines is 2. The van der Waals surface area contributed by atoms with Crippen LogP contribution >= 0.6 is 23.7 Å². The molecule has 35 heavy (non-hydrogen) atoms. The molecule has 1 atom stereocenters. The number of nitrogens with zero attached hydrogens (tertiary/aromatic N) is 3. The van der Waals surface area contributed by atoms with E-state index >= 15 is 0 Å². The van der Waals surface area contributed by atoms with E-state index in [0.717, 1.165) is 15.3 Å². The van der Waals surface area contributed by atoms with Crippen LogP contribution in [0.25, 0.3) is 10.2 Å². The number of aromatic nitrogens is 1. The molecule has 2 aromatic carbocycles. The molecule has 11 heteroatoms. The average molecular weight is 520 g/mol. The van der Waals surface area contributed by atoms with Crippen molar-refractivity contribution >= 4 is 56.6 Å². The molecular formula is C24H30ClN5O4S. The van der Waals surface area contributed by atoms with E-state index in [4.69, 9.17) is 20.2 Å². The molecule has 1 fully saturated rings. The quantitative estimate of drug-likeness (QED) is 0.492. The zero-order valence-electron chi connectivity index (χ0n) is 19.9. The molecule has 9 nitrogen and oxygen atoms in total. The van der Waals surface area contributed by atoms with Gasteiger partial charge in [-0.3, -0.25) is 9.59 Å². The van der Waals surface area contributed by atoms with E-state index < -0.39 is 6.04 Å². The van der Waals surface area contributed by atoms with Crippen molar-refractivity contribution in [2.24, 2.45) is 5.73 Å². The highest BCUT2D eigenvalue weighted by Gasteiger charge is 2.25. The monoisotopic (exact) mass is 519 g/mol. The van der Waals surface area contributed by atoms with Crippen LogP contribution < -0.4 is 25.4 Å². The second-order valence-corrected chi connectivity index (χ2v) is 9.04. The number of ether oxygens (including phenoxy) is 2. The third-order valence-electron chi connectivity index (χ3n) is 5.90. The number of hydrogen-bond donors (Lipinski definition) is 2. The maximum absolute atomic E-state index is 12.8. The van der Waals surface area contributed by atoms with Crippen LogP contribution in [-0.2, 0) is 4.79 Å². The predicted octanol–water partition coefficient (Wildman–Crippen LogP) is 3.37. The molecule has 0 saturated carbocycles. The van der Waals surface area contributed by atoms with Gasteiger partial charge in [0.05, 0.1) is 30.5 Å². The van der Waals surface area contributed by atoms with Crippen molar-refractivity contribution in [3.8, 4) is 11.5 Å². The highest BCUT2D eigenvalue weighted by atomic mass is 35.5. The van der Waals surface area contributed by atoms with Crippen molar-refractivity contribution < 1.29 is 19.1 Å². The summed E-state index contributed by atoms with van der Waals surface area (Å²) in [6, 6.07) is 10.3. The lowest BCUT2D eigenvalue weighted by Gasteiger charge is -2.35. The fourth-order valence-corrected chi connectivity index (χ4v) is 4.89. The van der Waals surface area contributed by atoms with Gasteiger partial charge in [-0.2, -0.15) is 0 Å². The molecule has 4 rings (SSSR count). The molecule has 188 valence electrons. The average Bonchev–Trinajstić information content (AvgIpc) is 3.31. The molecule has 1 aliphatic rings. The number of amides is 2. The Bertz CT molecular complexity index is 1200. The number of carbonyl (C=O) groups is 2. The Morgan fingerprint density at radius 3 is 2.46 bits per heavy atom. The van der Waals surface area contributed by atoms with Crippen molar-refractivity contribution in [3.05, 3.63) is 42.0 Å². The third kappa shape index (κ3) is 5.77. The van der Waals surface area contributed by atoms with Crippen molar-refractivity contribution in [1.82, 2.24) is 9.88 Å². The number of methoxy groups -OCH3 is 2. The lowest BCUT2D eigenvalue weighted by Crippen LogP contribution is -2.53. The SMILES string of the molecule is CCC(N)C(=O)N1CCN(c2nc3ccc(C(=O)Nc4ccc(OC)c(OC)c4)cc3s2)CC1.Cl. The number of nitrogens with two attached hydrogens (primary N) is 1. The summed E-state index contributed by atoms with van der Waals surface area (Å²) in [7, 11) is 3.12. The summed E-state index contributed by atoms with van der Waals surface area (Å²) in [4.78, 5) is 33.9. The lowest BCUT2D eigenvalue weighted by molar-refractivity contribution is -0.132. The summed E-state index contributed by atoms with van der Waals surface area (Å²) in [5.74, 6) is 0.930. The zero-order chi connectivity index (χ0) is 24.2. The predicted molar refractivity (Wildman–Crippen MR) is 141 cm³/mol. The van der Waals surface area contributed by atoms with Crippen LogP contribution in [0, 0.1) is 0 Å². The van der Waals surface area contributed by atoms with Crippen molar-refractivity contribution in [2.45, 2.75) is 19.4 Å². The molecule has 0 aliphatic carbocycles. The van der Waals surface area contributed by atoms with Crippen LogP contribution in [0.15, 0.2) is 36.4 Å². The van der Waals surface area contributed by atoms with E-state index in [0.29, 0.717) is 55.3 Å².